The molecule has 1 fully saturated rings. The van der Waals surface area contributed by atoms with Crippen LogP contribution in [0.4, 0.5) is 18.9 Å². The summed E-state index contributed by atoms with van der Waals surface area (Å²) in [5.41, 5.74) is -0.131. The number of amides is 1. The summed E-state index contributed by atoms with van der Waals surface area (Å²) in [4.78, 5) is 17.0. The van der Waals surface area contributed by atoms with Crippen LogP contribution >= 0.6 is 0 Å². The number of nitrogens with zero attached hydrogens (tertiary/aromatic N) is 1. The molecule has 4 rings (SSSR count). The first-order valence-corrected chi connectivity index (χ1v) is 12.5. The van der Waals surface area contributed by atoms with Crippen molar-refractivity contribution in [3.63, 3.8) is 0 Å². The van der Waals surface area contributed by atoms with Crippen molar-refractivity contribution in [2.75, 3.05) is 24.8 Å². The molecule has 2 aromatic carbocycles. The second-order valence-corrected chi connectivity index (χ2v) is 10.3. The van der Waals surface area contributed by atoms with Crippen molar-refractivity contribution in [3.8, 4) is 16.9 Å². The SMILES string of the molecule is CS(=O)(=O)Cc1cc(C(=O)Nc2cnccc2-c2ccccc2OC2COC2)cc(C(F)(F)F)c1. The molecule has 0 bridgehead atoms. The molecule has 2 heterocycles. The topological polar surface area (TPSA) is 94.6 Å². The highest BCUT2D eigenvalue weighted by Gasteiger charge is 2.32. The maximum Gasteiger partial charge on any atom is 0.416 e. The number of sulfone groups is 1. The van der Waals surface area contributed by atoms with Gasteiger partial charge in [-0.1, -0.05) is 18.2 Å². The molecule has 0 saturated carbocycles. The zero-order valence-corrected chi connectivity index (χ0v) is 19.3. The van der Waals surface area contributed by atoms with Crippen LogP contribution in [-0.4, -0.2) is 44.9 Å². The van der Waals surface area contributed by atoms with E-state index in [0.717, 1.165) is 18.4 Å². The molecule has 0 spiro atoms. The molecular formula is C24H21F3N2O5S. The van der Waals surface area contributed by atoms with E-state index in [4.69, 9.17) is 9.47 Å². The number of hydrogen-bond acceptors (Lipinski definition) is 6. The lowest BCUT2D eigenvalue weighted by atomic mass is 10.0. The zero-order chi connectivity index (χ0) is 25.2. The fourth-order valence-electron chi connectivity index (χ4n) is 3.55. The first-order chi connectivity index (χ1) is 16.5. The summed E-state index contributed by atoms with van der Waals surface area (Å²) in [7, 11) is -3.63. The Hall–Kier alpha value is -3.44. The Morgan fingerprint density at radius 2 is 1.89 bits per heavy atom. The average molecular weight is 507 g/mol. The number of carbonyl (C=O) groups is 1. The highest BCUT2D eigenvalue weighted by Crippen LogP contribution is 2.36. The molecule has 184 valence electrons. The number of ether oxygens (including phenoxy) is 2. The Balaban J connectivity index is 1.68. The van der Waals surface area contributed by atoms with E-state index in [9.17, 15) is 26.4 Å². The van der Waals surface area contributed by atoms with Crippen LogP contribution in [0.3, 0.4) is 0 Å². The second kappa shape index (κ2) is 9.67. The monoisotopic (exact) mass is 506 g/mol. The second-order valence-electron chi connectivity index (χ2n) is 8.14. The van der Waals surface area contributed by atoms with Gasteiger partial charge in [0.2, 0.25) is 0 Å². The number of halogens is 3. The van der Waals surface area contributed by atoms with Crippen molar-refractivity contribution in [3.05, 3.63) is 77.6 Å². The highest BCUT2D eigenvalue weighted by atomic mass is 32.2. The molecule has 1 aliphatic rings. The maximum absolute atomic E-state index is 13.4. The fourth-order valence-corrected chi connectivity index (χ4v) is 4.32. The first-order valence-electron chi connectivity index (χ1n) is 10.5. The molecule has 1 aliphatic heterocycles. The summed E-state index contributed by atoms with van der Waals surface area (Å²) in [5, 5.41) is 2.60. The van der Waals surface area contributed by atoms with Gasteiger partial charge in [-0.15, -0.1) is 0 Å². The van der Waals surface area contributed by atoms with Gasteiger partial charge in [0.25, 0.3) is 5.91 Å². The minimum atomic E-state index is -4.76. The van der Waals surface area contributed by atoms with Crippen LogP contribution in [0.2, 0.25) is 0 Å². The third kappa shape index (κ3) is 6.17. The van der Waals surface area contributed by atoms with Crippen molar-refractivity contribution >= 4 is 21.4 Å². The van der Waals surface area contributed by atoms with Crippen molar-refractivity contribution in [2.24, 2.45) is 0 Å². The van der Waals surface area contributed by atoms with Crippen LogP contribution in [0.1, 0.15) is 21.5 Å². The van der Waals surface area contributed by atoms with Gasteiger partial charge >= 0.3 is 6.18 Å². The quantitative estimate of drug-likeness (QED) is 0.512. The Kier molecular flexibility index (Phi) is 6.82. The molecule has 0 radical (unpaired) electrons. The number of rotatable bonds is 7. The first kappa shape index (κ1) is 24.7. The Bertz CT molecular complexity index is 1360. The number of anilines is 1. The molecule has 1 aromatic heterocycles. The summed E-state index contributed by atoms with van der Waals surface area (Å²) in [5.74, 6) is -0.923. The van der Waals surface area contributed by atoms with Crippen molar-refractivity contribution in [2.45, 2.75) is 18.0 Å². The smallest absolute Gasteiger partial charge is 0.416 e. The third-order valence-electron chi connectivity index (χ3n) is 5.16. The normalized spacial score (nSPS) is 14.3. The summed E-state index contributed by atoms with van der Waals surface area (Å²) < 4.78 is 74.7. The van der Waals surface area contributed by atoms with Gasteiger partial charge in [0, 0.05) is 29.1 Å². The number of benzene rings is 2. The lowest BCUT2D eigenvalue weighted by Gasteiger charge is -2.28. The molecule has 1 saturated heterocycles. The van der Waals surface area contributed by atoms with Crippen LogP contribution in [-0.2, 0) is 26.5 Å². The van der Waals surface area contributed by atoms with E-state index in [2.05, 4.69) is 10.3 Å². The van der Waals surface area contributed by atoms with Gasteiger partial charge in [-0.3, -0.25) is 9.78 Å². The minimum absolute atomic E-state index is 0.102. The third-order valence-corrected chi connectivity index (χ3v) is 6.02. The number of nitrogens with one attached hydrogen (secondary N) is 1. The molecule has 1 N–H and O–H groups in total. The van der Waals surface area contributed by atoms with Gasteiger partial charge in [0.1, 0.15) is 11.9 Å². The van der Waals surface area contributed by atoms with Crippen molar-refractivity contribution in [1.82, 2.24) is 4.98 Å². The Labute approximate surface area is 199 Å². The van der Waals surface area contributed by atoms with Crippen LogP contribution in [0.15, 0.2) is 60.9 Å². The lowest BCUT2D eigenvalue weighted by Crippen LogP contribution is -2.38. The molecular weight excluding hydrogens is 485 g/mol. The van der Waals surface area contributed by atoms with E-state index >= 15 is 0 Å². The average Bonchev–Trinajstić information content (AvgIpc) is 2.75. The standard InChI is InChI=1S/C24H21F3N2O5S/c1-35(31,32)14-15-8-16(10-17(9-15)24(25,26)27)23(30)29-21-11-28-7-6-19(21)20-4-2-3-5-22(20)34-18-12-33-13-18/h2-11,18H,12-14H2,1H3,(H,29,30). The number of carbonyl (C=O) groups excluding carboxylic acids is 1. The summed E-state index contributed by atoms with van der Waals surface area (Å²) in [6.45, 7) is 0.916. The number of alkyl halides is 3. The lowest BCUT2D eigenvalue weighted by molar-refractivity contribution is -0.137. The van der Waals surface area contributed by atoms with Gasteiger partial charge < -0.3 is 14.8 Å². The predicted octanol–water partition coefficient (Wildman–Crippen LogP) is 4.34. The highest BCUT2D eigenvalue weighted by molar-refractivity contribution is 7.89. The molecule has 0 atom stereocenters. The van der Waals surface area contributed by atoms with Crippen LogP contribution in [0.25, 0.3) is 11.1 Å². The van der Waals surface area contributed by atoms with E-state index in [1.54, 1.807) is 30.3 Å². The van der Waals surface area contributed by atoms with E-state index in [-0.39, 0.29) is 22.9 Å². The number of hydrogen-bond donors (Lipinski definition) is 1. The Morgan fingerprint density at radius 1 is 1.14 bits per heavy atom. The molecule has 1 amide bonds. The summed E-state index contributed by atoms with van der Waals surface area (Å²) in [6.07, 6.45) is -1.06. The van der Waals surface area contributed by atoms with Gasteiger partial charge in [-0.2, -0.15) is 13.2 Å². The van der Waals surface area contributed by atoms with Crippen LogP contribution in [0, 0.1) is 0 Å². The van der Waals surface area contributed by atoms with Gasteiger partial charge in [0.05, 0.1) is 36.4 Å². The maximum atomic E-state index is 13.4. The molecule has 35 heavy (non-hydrogen) atoms. The van der Waals surface area contributed by atoms with Gasteiger partial charge in [-0.25, -0.2) is 8.42 Å². The van der Waals surface area contributed by atoms with E-state index < -0.39 is 33.2 Å². The summed E-state index contributed by atoms with van der Waals surface area (Å²) in [6, 6.07) is 11.3. The predicted molar refractivity (Wildman–Crippen MR) is 123 cm³/mol. The van der Waals surface area contributed by atoms with Crippen molar-refractivity contribution < 1.29 is 35.9 Å². The van der Waals surface area contributed by atoms with E-state index in [1.807, 2.05) is 0 Å². The van der Waals surface area contributed by atoms with Gasteiger partial charge in [-0.05, 0) is 35.9 Å². The zero-order valence-electron chi connectivity index (χ0n) is 18.5. The molecule has 0 aliphatic carbocycles. The minimum Gasteiger partial charge on any atom is -0.485 e. The number of para-hydroxylation sites is 1. The summed E-state index contributed by atoms with van der Waals surface area (Å²) >= 11 is 0. The van der Waals surface area contributed by atoms with Crippen molar-refractivity contribution in [1.29, 1.82) is 0 Å². The largest absolute Gasteiger partial charge is 0.485 e. The van der Waals surface area contributed by atoms with Crippen LogP contribution in [0.5, 0.6) is 5.75 Å². The van der Waals surface area contributed by atoms with Gasteiger partial charge in [0.15, 0.2) is 9.84 Å². The van der Waals surface area contributed by atoms with E-state index in [1.165, 1.54) is 12.4 Å². The molecule has 7 nitrogen and oxygen atoms in total. The van der Waals surface area contributed by atoms with Crippen LogP contribution < -0.4 is 10.1 Å². The molecule has 11 heteroatoms. The fraction of sp³-hybridized carbons (Fsp3) is 0.250. The number of aromatic nitrogens is 1. The number of pyridine rings is 1. The Morgan fingerprint density at radius 3 is 2.54 bits per heavy atom. The van der Waals surface area contributed by atoms with E-state index in [0.29, 0.717) is 36.2 Å². The molecule has 3 aromatic rings. The molecule has 0 unspecified atom stereocenters.